The molecule has 86 valence electrons. The highest BCUT2D eigenvalue weighted by atomic mass is 16.5. The van der Waals surface area contributed by atoms with Gasteiger partial charge < -0.3 is 14.6 Å². The molecule has 0 aliphatic carbocycles. The van der Waals surface area contributed by atoms with Crippen molar-refractivity contribution < 1.29 is 14.6 Å². The average Bonchev–Trinajstić information content (AvgIpc) is 2.09. The molecule has 0 spiro atoms. The summed E-state index contributed by atoms with van der Waals surface area (Å²) in [6, 6.07) is 0. The Balaban J connectivity index is 3.54. The van der Waals surface area contributed by atoms with Crippen LogP contribution in [0.25, 0.3) is 0 Å². The van der Waals surface area contributed by atoms with Crippen LogP contribution in [0, 0.1) is 5.41 Å². The van der Waals surface area contributed by atoms with Gasteiger partial charge in [-0.3, -0.25) is 0 Å². The molecule has 0 aliphatic heterocycles. The van der Waals surface area contributed by atoms with Gasteiger partial charge in [-0.2, -0.15) is 0 Å². The molecular weight excluding hydrogens is 180 g/mol. The number of aliphatic hydroxyl groups is 1. The molecule has 0 saturated carbocycles. The summed E-state index contributed by atoms with van der Waals surface area (Å²) in [5.74, 6) is 0. The van der Waals surface area contributed by atoms with E-state index >= 15 is 0 Å². The van der Waals surface area contributed by atoms with Crippen molar-refractivity contribution in [2.24, 2.45) is 5.41 Å². The van der Waals surface area contributed by atoms with Gasteiger partial charge in [-0.1, -0.05) is 27.7 Å². The maximum absolute atomic E-state index is 8.48. The lowest BCUT2D eigenvalue weighted by Crippen LogP contribution is -2.29. The van der Waals surface area contributed by atoms with Crippen LogP contribution in [0.2, 0.25) is 0 Å². The highest BCUT2D eigenvalue weighted by Crippen LogP contribution is 2.24. The van der Waals surface area contributed by atoms with Crippen LogP contribution in [-0.2, 0) is 9.47 Å². The Bertz CT molecular complexity index is 129. The second-order valence-corrected chi connectivity index (χ2v) is 4.47. The molecule has 1 N–H and O–H groups in total. The molecule has 0 radical (unpaired) electrons. The quantitative estimate of drug-likeness (QED) is 0.643. The average molecular weight is 204 g/mol. The van der Waals surface area contributed by atoms with E-state index in [1.165, 1.54) is 0 Å². The van der Waals surface area contributed by atoms with E-state index in [1.54, 1.807) is 0 Å². The third-order valence-electron chi connectivity index (χ3n) is 2.12. The van der Waals surface area contributed by atoms with E-state index in [2.05, 4.69) is 27.7 Å². The smallest absolute Gasteiger partial charge is 0.0704 e. The van der Waals surface area contributed by atoms with Gasteiger partial charge in [0.2, 0.25) is 0 Å². The summed E-state index contributed by atoms with van der Waals surface area (Å²) in [6.07, 6.45) is 1.30. The Hall–Kier alpha value is -0.120. The van der Waals surface area contributed by atoms with Crippen LogP contribution in [0.15, 0.2) is 0 Å². The standard InChI is InChI=1S/C11H24O3/c1-5-10(11(2,3)4)14-9-8-13-7-6-12/h10,12H,5-9H2,1-4H3. The lowest BCUT2D eigenvalue weighted by molar-refractivity contribution is -0.0475. The van der Waals surface area contributed by atoms with E-state index in [-0.39, 0.29) is 18.1 Å². The maximum atomic E-state index is 8.48. The lowest BCUT2D eigenvalue weighted by Gasteiger charge is -2.29. The van der Waals surface area contributed by atoms with Crippen LogP contribution in [-0.4, -0.2) is 37.6 Å². The number of hydrogen-bond donors (Lipinski definition) is 1. The monoisotopic (exact) mass is 204 g/mol. The predicted octanol–water partition coefficient (Wildman–Crippen LogP) is 1.84. The highest BCUT2D eigenvalue weighted by molar-refractivity contribution is 4.72. The van der Waals surface area contributed by atoms with Crippen LogP contribution in [0.1, 0.15) is 34.1 Å². The van der Waals surface area contributed by atoms with Gasteiger partial charge in [-0.15, -0.1) is 0 Å². The summed E-state index contributed by atoms with van der Waals surface area (Å²) >= 11 is 0. The number of hydrogen-bond acceptors (Lipinski definition) is 3. The van der Waals surface area contributed by atoms with Gasteiger partial charge in [0.05, 0.1) is 32.5 Å². The molecule has 0 heterocycles. The summed E-state index contributed by atoms with van der Waals surface area (Å²) in [7, 11) is 0. The minimum absolute atomic E-state index is 0.0798. The topological polar surface area (TPSA) is 38.7 Å². The fourth-order valence-corrected chi connectivity index (χ4v) is 1.40. The molecule has 0 aromatic carbocycles. The molecule has 1 unspecified atom stereocenters. The highest BCUT2D eigenvalue weighted by Gasteiger charge is 2.23. The summed E-state index contributed by atoms with van der Waals surface area (Å²) in [4.78, 5) is 0. The number of rotatable bonds is 7. The normalized spacial score (nSPS) is 14.4. The maximum Gasteiger partial charge on any atom is 0.0704 e. The second-order valence-electron chi connectivity index (χ2n) is 4.47. The van der Waals surface area contributed by atoms with Gasteiger partial charge >= 0.3 is 0 Å². The Labute approximate surface area is 87.4 Å². The zero-order valence-corrected chi connectivity index (χ0v) is 9.88. The van der Waals surface area contributed by atoms with Gasteiger partial charge in [0, 0.05) is 0 Å². The van der Waals surface area contributed by atoms with Gasteiger partial charge in [-0.05, 0) is 11.8 Å². The molecule has 0 rings (SSSR count). The molecule has 0 bridgehead atoms. The van der Waals surface area contributed by atoms with E-state index in [0.717, 1.165) is 6.42 Å². The first-order chi connectivity index (χ1) is 6.52. The molecule has 3 nitrogen and oxygen atoms in total. The molecule has 14 heavy (non-hydrogen) atoms. The Morgan fingerprint density at radius 1 is 1.14 bits per heavy atom. The summed E-state index contributed by atoms with van der Waals surface area (Å²) in [6.45, 7) is 10.3. The van der Waals surface area contributed by atoms with E-state index in [1.807, 2.05) is 0 Å². The molecule has 0 fully saturated rings. The molecule has 0 aliphatic rings. The third kappa shape index (κ3) is 6.35. The van der Waals surface area contributed by atoms with Crippen LogP contribution >= 0.6 is 0 Å². The predicted molar refractivity (Wildman–Crippen MR) is 57.4 cm³/mol. The van der Waals surface area contributed by atoms with Crippen molar-refractivity contribution in [3.05, 3.63) is 0 Å². The molecule has 0 aromatic heterocycles. The second kappa shape index (κ2) is 7.21. The van der Waals surface area contributed by atoms with Crippen LogP contribution < -0.4 is 0 Å². The molecular formula is C11H24O3. The van der Waals surface area contributed by atoms with E-state index in [4.69, 9.17) is 14.6 Å². The zero-order valence-electron chi connectivity index (χ0n) is 9.88. The lowest BCUT2D eigenvalue weighted by atomic mass is 9.87. The van der Waals surface area contributed by atoms with Crippen molar-refractivity contribution in [3.8, 4) is 0 Å². The van der Waals surface area contributed by atoms with E-state index in [0.29, 0.717) is 19.8 Å². The number of ether oxygens (including phenoxy) is 2. The molecule has 0 saturated heterocycles. The van der Waals surface area contributed by atoms with E-state index in [9.17, 15) is 0 Å². The van der Waals surface area contributed by atoms with Crippen molar-refractivity contribution in [3.63, 3.8) is 0 Å². The minimum atomic E-state index is 0.0798. The minimum Gasteiger partial charge on any atom is -0.394 e. The zero-order chi connectivity index (χ0) is 11.0. The van der Waals surface area contributed by atoms with Crippen LogP contribution in [0.4, 0.5) is 0 Å². The Morgan fingerprint density at radius 3 is 2.21 bits per heavy atom. The first kappa shape index (κ1) is 13.9. The fourth-order valence-electron chi connectivity index (χ4n) is 1.40. The summed E-state index contributed by atoms with van der Waals surface area (Å²) in [5.41, 5.74) is 0.186. The first-order valence-corrected chi connectivity index (χ1v) is 5.32. The van der Waals surface area contributed by atoms with Crippen LogP contribution in [0.5, 0.6) is 0 Å². The third-order valence-corrected chi connectivity index (χ3v) is 2.12. The molecule has 1 atom stereocenters. The van der Waals surface area contributed by atoms with Crippen molar-refractivity contribution in [2.45, 2.75) is 40.2 Å². The SMILES string of the molecule is CCC(OCCOCCO)C(C)(C)C. The van der Waals surface area contributed by atoms with Crippen molar-refractivity contribution in [2.75, 3.05) is 26.4 Å². The Kier molecular flexibility index (Phi) is 7.15. The largest absolute Gasteiger partial charge is 0.394 e. The van der Waals surface area contributed by atoms with Gasteiger partial charge in [0.25, 0.3) is 0 Å². The van der Waals surface area contributed by atoms with Gasteiger partial charge in [0.1, 0.15) is 0 Å². The van der Waals surface area contributed by atoms with E-state index < -0.39 is 0 Å². The van der Waals surface area contributed by atoms with Crippen molar-refractivity contribution >= 4 is 0 Å². The first-order valence-electron chi connectivity index (χ1n) is 5.32. The van der Waals surface area contributed by atoms with Crippen LogP contribution in [0.3, 0.4) is 0 Å². The number of aliphatic hydroxyl groups excluding tert-OH is 1. The van der Waals surface area contributed by atoms with Crippen molar-refractivity contribution in [1.29, 1.82) is 0 Å². The van der Waals surface area contributed by atoms with Crippen molar-refractivity contribution in [1.82, 2.24) is 0 Å². The summed E-state index contributed by atoms with van der Waals surface area (Å²) < 4.78 is 10.8. The molecule has 0 amide bonds. The molecule has 0 aromatic rings. The fraction of sp³-hybridized carbons (Fsp3) is 1.00. The van der Waals surface area contributed by atoms with Gasteiger partial charge in [0.15, 0.2) is 0 Å². The Morgan fingerprint density at radius 2 is 1.79 bits per heavy atom. The summed E-state index contributed by atoms with van der Waals surface area (Å²) in [5, 5.41) is 8.48. The molecule has 3 heteroatoms. The van der Waals surface area contributed by atoms with Gasteiger partial charge in [-0.25, -0.2) is 0 Å².